The van der Waals surface area contributed by atoms with Crippen LogP contribution in [0.3, 0.4) is 0 Å². The highest BCUT2D eigenvalue weighted by molar-refractivity contribution is 5.94. The molecular formula is C29H32FN9O3. The van der Waals surface area contributed by atoms with Crippen LogP contribution in [-0.2, 0) is 4.74 Å². The van der Waals surface area contributed by atoms with Crippen LogP contribution in [-0.4, -0.2) is 79.2 Å². The number of amides is 1. The number of rotatable bonds is 9. The van der Waals surface area contributed by atoms with Crippen molar-refractivity contribution in [2.24, 2.45) is 0 Å². The maximum absolute atomic E-state index is 16.4. The molecule has 218 valence electrons. The summed E-state index contributed by atoms with van der Waals surface area (Å²) in [5, 5.41) is 30.5. The summed E-state index contributed by atoms with van der Waals surface area (Å²) in [5.74, 6) is -0.0122. The van der Waals surface area contributed by atoms with Gasteiger partial charge in [0.15, 0.2) is 6.17 Å². The molecule has 3 N–H and O–H groups in total. The summed E-state index contributed by atoms with van der Waals surface area (Å²) >= 11 is 0. The first-order valence-electron chi connectivity index (χ1n) is 13.6. The number of nitriles is 1. The molecule has 5 heterocycles. The minimum atomic E-state index is -1.99. The topological polar surface area (TPSA) is 154 Å². The molecule has 0 aromatic carbocycles. The van der Waals surface area contributed by atoms with E-state index in [1.807, 2.05) is 24.8 Å². The number of pyridine rings is 1. The molecule has 0 radical (unpaired) electrons. The molecule has 0 aliphatic carbocycles. The zero-order valence-electron chi connectivity index (χ0n) is 23.5. The third-order valence-electron chi connectivity index (χ3n) is 7.07. The lowest BCUT2D eigenvalue weighted by molar-refractivity contribution is -0.0253. The first-order chi connectivity index (χ1) is 20.1. The molecule has 0 spiro atoms. The van der Waals surface area contributed by atoms with E-state index >= 15 is 4.39 Å². The number of carbonyl (C=O) groups excluding carboxylic acids is 1. The van der Waals surface area contributed by atoms with E-state index in [2.05, 4.69) is 30.7 Å². The molecule has 1 aliphatic rings. The van der Waals surface area contributed by atoms with Crippen LogP contribution in [0.2, 0.25) is 0 Å². The van der Waals surface area contributed by atoms with Crippen molar-refractivity contribution in [2.75, 3.05) is 29.9 Å². The number of aromatic nitrogens is 5. The Bertz CT molecular complexity index is 1560. The third-order valence-corrected chi connectivity index (χ3v) is 7.07. The molecule has 12 nitrogen and oxygen atoms in total. The van der Waals surface area contributed by atoms with E-state index in [1.165, 1.54) is 30.0 Å². The van der Waals surface area contributed by atoms with Crippen molar-refractivity contribution in [3.63, 3.8) is 0 Å². The average molecular weight is 574 g/mol. The van der Waals surface area contributed by atoms with Gasteiger partial charge in [-0.05, 0) is 51.1 Å². The number of alkyl halides is 1. The Morgan fingerprint density at radius 3 is 2.62 bits per heavy atom. The number of ether oxygens (including phenoxy) is 1. The van der Waals surface area contributed by atoms with Crippen molar-refractivity contribution in [2.45, 2.75) is 50.8 Å². The lowest BCUT2D eigenvalue weighted by Crippen LogP contribution is -2.50. The van der Waals surface area contributed by atoms with E-state index in [-0.39, 0.29) is 24.3 Å². The van der Waals surface area contributed by atoms with Crippen molar-refractivity contribution in [3.8, 4) is 6.07 Å². The highest BCUT2D eigenvalue weighted by Crippen LogP contribution is 2.30. The van der Waals surface area contributed by atoms with Crippen LogP contribution in [0.25, 0.3) is 5.52 Å². The van der Waals surface area contributed by atoms with Crippen LogP contribution < -0.4 is 15.5 Å². The largest absolute Gasteiger partial charge is 0.385 e. The second kappa shape index (κ2) is 12.1. The highest BCUT2D eigenvalue weighted by Gasteiger charge is 2.41. The molecule has 1 fully saturated rings. The molecule has 0 bridgehead atoms. The molecule has 42 heavy (non-hydrogen) atoms. The highest BCUT2D eigenvalue weighted by atomic mass is 19.1. The van der Waals surface area contributed by atoms with Crippen LogP contribution >= 0.6 is 0 Å². The van der Waals surface area contributed by atoms with Gasteiger partial charge in [0, 0.05) is 32.0 Å². The molecule has 13 heteroatoms. The van der Waals surface area contributed by atoms with E-state index in [9.17, 15) is 15.2 Å². The summed E-state index contributed by atoms with van der Waals surface area (Å²) in [5.41, 5.74) is -0.0685. The van der Waals surface area contributed by atoms with Gasteiger partial charge in [-0.1, -0.05) is 0 Å². The molecule has 5 atom stereocenters. The molecule has 2 unspecified atom stereocenters. The van der Waals surface area contributed by atoms with Gasteiger partial charge in [-0.2, -0.15) is 10.4 Å². The number of carbonyl (C=O) groups is 1. The number of anilines is 2. The van der Waals surface area contributed by atoms with Crippen LogP contribution in [0.15, 0.2) is 61.3 Å². The molecule has 1 aliphatic heterocycles. The van der Waals surface area contributed by atoms with Crippen molar-refractivity contribution >= 4 is 23.1 Å². The van der Waals surface area contributed by atoms with Gasteiger partial charge in [-0.15, -0.1) is 0 Å². The van der Waals surface area contributed by atoms with Crippen molar-refractivity contribution in [1.29, 1.82) is 5.26 Å². The summed E-state index contributed by atoms with van der Waals surface area (Å²) in [7, 11) is 0. The maximum atomic E-state index is 16.4. The Labute approximate surface area is 242 Å². The predicted octanol–water partition coefficient (Wildman–Crippen LogP) is 2.68. The molecule has 5 rings (SSSR count). The third kappa shape index (κ3) is 6.29. The van der Waals surface area contributed by atoms with Gasteiger partial charge in [0.1, 0.15) is 17.7 Å². The van der Waals surface area contributed by atoms with Gasteiger partial charge < -0.3 is 25.4 Å². The Kier molecular flexibility index (Phi) is 8.28. The van der Waals surface area contributed by atoms with Gasteiger partial charge in [0.05, 0.1) is 58.8 Å². The molecule has 4 aromatic heterocycles. The fourth-order valence-electron chi connectivity index (χ4n) is 4.99. The summed E-state index contributed by atoms with van der Waals surface area (Å²) < 4.78 is 23.6. The zero-order valence-corrected chi connectivity index (χ0v) is 23.5. The lowest BCUT2D eigenvalue weighted by atomic mass is 9.92. The fourth-order valence-corrected chi connectivity index (χ4v) is 4.99. The number of fused-ring (bicyclic) bond motifs is 1. The van der Waals surface area contributed by atoms with E-state index in [4.69, 9.17) is 4.74 Å². The standard InChI is InChI=1S/C29H32FN9O3/c1-18-15-38(16-19(2)42-18)28-33-13-22(14-34-28)35-17-29(3,41)26(30)25(37-27(40)21-5-4-8-32-12-21)24-7-6-23-9-20(10-31)11-36-39(23)24/h4-9,11-14,18-19,25-26,35,41H,15-17H2,1-3H3,(H,37,40)/t18-,19+,25?,26-,29?/m1/s1. The normalized spacial score (nSPS) is 19.9. The predicted molar refractivity (Wildman–Crippen MR) is 153 cm³/mol. The number of hydrogen-bond acceptors (Lipinski definition) is 10. The Morgan fingerprint density at radius 1 is 1.21 bits per heavy atom. The van der Waals surface area contributed by atoms with Gasteiger partial charge in [0.2, 0.25) is 5.95 Å². The van der Waals surface area contributed by atoms with Crippen LogP contribution in [0, 0.1) is 11.3 Å². The number of morpholine rings is 1. The van der Waals surface area contributed by atoms with E-state index < -0.39 is 23.7 Å². The SMILES string of the molecule is C[C@@H]1CN(c2ncc(NCC(C)(O)[C@H](F)C(NC(=O)c3cccnc3)c3ccc4cc(C#N)cnn34)cn2)C[C@H](C)O1. The molecule has 1 amide bonds. The smallest absolute Gasteiger partial charge is 0.253 e. The lowest BCUT2D eigenvalue weighted by Gasteiger charge is -2.35. The second-order valence-electron chi connectivity index (χ2n) is 10.7. The van der Waals surface area contributed by atoms with Crippen LogP contribution in [0.4, 0.5) is 16.0 Å². The Hall–Kier alpha value is -4.67. The average Bonchev–Trinajstić information content (AvgIpc) is 3.41. The number of halogens is 1. The van der Waals surface area contributed by atoms with Crippen molar-refractivity contribution in [1.82, 2.24) is 29.9 Å². The summed E-state index contributed by atoms with van der Waals surface area (Å²) in [6, 6.07) is 8.75. The number of hydrogen-bond donors (Lipinski definition) is 3. The van der Waals surface area contributed by atoms with Gasteiger partial charge in [-0.3, -0.25) is 9.78 Å². The maximum Gasteiger partial charge on any atom is 0.253 e. The first kappa shape index (κ1) is 28.8. The Balaban J connectivity index is 1.35. The molecule has 4 aromatic rings. The number of nitrogens with one attached hydrogen (secondary N) is 2. The van der Waals surface area contributed by atoms with Gasteiger partial charge in [0.25, 0.3) is 5.91 Å². The van der Waals surface area contributed by atoms with E-state index in [1.54, 1.807) is 42.7 Å². The zero-order chi connectivity index (χ0) is 29.9. The fraction of sp³-hybridized carbons (Fsp3) is 0.379. The molecule has 0 saturated carbocycles. The van der Waals surface area contributed by atoms with E-state index in [0.29, 0.717) is 41.5 Å². The number of aliphatic hydroxyl groups is 1. The Morgan fingerprint density at radius 2 is 1.95 bits per heavy atom. The van der Waals surface area contributed by atoms with Crippen molar-refractivity contribution in [3.05, 3.63) is 78.1 Å². The van der Waals surface area contributed by atoms with Crippen LogP contribution in [0.1, 0.15) is 48.4 Å². The quantitative estimate of drug-likeness (QED) is 0.272. The van der Waals surface area contributed by atoms with Crippen molar-refractivity contribution < 1.29 is 19.0 Å². The summed E-state index contributed by atoms with van der Waals surface area (Å²) in [6.45, 7) is 6.46. The number of nitrogens with zero attached hydrogens (tertiary/aromatic N) is 7. The second-order valence-corrected chi connectivity index (χ2v) is 10.7. The summed E-state index contributed by atoms with van der Waals surface area (Å²) in [4.78, 5) is 28.0. The van der Waals surface area contributed by atoms with Crippen LogP contribution in [0.5, 0.6) is 0 Å². The minimum absolute atomic E-state index is 0.0552. The van der Waals surface area contributed by atoms with E-state index in [0.717, 1.165) is 0 Å². The summed E-state index contributed by atoms with van der Waals surface area (Å²) in [6.07, 6.45) is 5.53. The molecular weight excluding hydrogens is 541 g/mol. The monoisotopic (exact) mass is 573 g/mol. The minimum Gasteiger partial charge on any atom is -0.385 e. The first-order valence-corrected chi connectivity index (χ1v) is 13.6. The van der Waals surface area contributed by atoms with Gasteiger partial charge >= 0.3 is 0 Å². The van der Waals surface area contributed by atoms with Gasteiger partial charge in [-0.25, -0.2) is 18.9 Å². The molecule has 1 saturated heterocycles.